The van der Waals surface area contributed by atoms with E-state index >= 15 is 0 Å². The maximum Gasteiger partial charge on any atom is 0.0319 e. The van der Waals surface area contributed by atoms with Crippen LogP contribution in [0.1, 0.15) is 51.1 Å². The molecule has 1 aromatic rings. The van der Waals surface area contributed by atoms with Gasteiger partial charge in [-0.25, -0.2) is 0 Å². The third kappa shape index (κ3) is 3.05. The fourth-order valence-corrected chi connectivity index (χ4v) is 3.10. The number of hydrogen-bond acceptors (Lipinski definition) is 2. The first-order valence-corrected chi connectivity index (χ1v) is 7.15. The van der Waals surface area contributed by atoms with E-state index in [0.29, 0.717) is 6.04 Å². The Bertz CT molecular complexity index is 371. The normalized spacial score (nSPS) is 26.2. The molecule has 0 heterocycles. The Morgan fingerprint density at radius 1 is 1.22 bits per heavy atom. The molecule has 0 amide bonds. The van der Waals surface area contributed by atoms with Crippen molar-refractivity contribution in [3.63, 3.8) is 0 Å². The Kier molecular flexibility index (Phi) is 4.28. The lowest BCUT2D eigenvalue weighted by molar-refractivity contribution is 0.126. The van der Waals surface area contributed by atoms with Crippen LogP contribution >= 0.6 is 0 Å². The molecule has 3 atom stereocenters. The van der Waals surface area contributed by atoms with E-state index < -0.39 is 0 Å². The zero-order valence-corrected chi connectivity index (χ0v) is 11.9. The SMILES string of the molecule is CC1CCCC(N(C)C(C)c2ccc(N)cc2)C1. The van der Waals surface area contributed by atoms with Crippen LogP contribution in [-0.2, 0) is 0 Å². The average molecular weight is 246 g/mol. The van der Waals surface area contributed by atoms with Crippen molar-refractivity contribution in [1.29, 1.82) is 0 Å². The number of hydrogen-bond donors (Lipinski definition) is 1. The first-order chi connectivity index (χ1) is 8.58. The Hall–Kier alpha value is -1.02. The molecule has 0 bridgehead atoms. The number of nitrogens with zero attached hydrogens (tertiary/aromatic N) is 1. The molecule has 2 nitrogen and oxygen atoms in total. The van der Waals surface area contributed by atoms with Gasteiger partial charge in [-0.15, -0.1) is 0 Å². The van der Waals surface area contributed by atoms with Gasteiger partial charge in [-0.1, -0.05) is 31.9 Å². The lowest BCUT2D eigenvalue weighted by Crippen LogP contribution is -2.37. The summed E-state index contributed by atoms with van der Waals surface area (Å²) in [5, 5.41) is 0. The zero-order valence-electron chi connectivity index (χ0n) is 11.9. The lowest BCUT2D eigenvalue weighted by atomic mass is 9.85. The molecule has 100 valence electrons. The molecule has 1 aliphatic rings. The predicted molar refractivity (Wildman–Crippen MR) is 78.5 cm³/mol. The van der Waals surface area contributed by atoms with Gasteiger partial charge in [0.1, 0.15) is 0 Å². The van der Waals surface area contributed by atoms with Crippen LogP contribution in [0.15, 0.2) is 24.3 Å². The number of nitrogens with two attached hydrogens (primary N) is 1. The van der Waals surface area contributed by atoms with Crippen molar-refractivity contribution in [3.8, 4) is 0 Å². The van der Waals surface area contributed by atoms with Gasteiger partial charge in [0.15, 0.2) is 0 Å². The maximum atomic E-state index is 5.75. The van der Waals surface area contributed by atoms with Gasteiger partial charge in [0, 0.05) is 17.8 Å². The summed E-state index contributed by atoms with van der Waals surface area (Å²) in [6.07, 6.45) is 5.47. The molecule has 2 heteroatoms. The van der Waals surface area contributed by atoms with E-state index in [1.165, 1.54) is 31.2 Å². The molecule has 1 fully saturated rings. The van der Waals surface area contributed by atoms with E-state index in [2.05, 4.69) is 37.9 Å². The van der Waals surface area contributed by atoms with Gasteiger partial charge in [-0.3, -0.25) is 4.90 Å². The van der Waals surface area contributed by atoms with Crippen molar-refractivity contribution in [2.45, 2.75) is 51.6 Å². The fraction of sp³-hybridized carbons (Fsp3) is 0.625. The van der Waals surface area contributed by atoms with Crippen molar-refractivity contribution in [2.75, 3.05) is 12.8 Å². The largest absolute Gasteiger partial charge is 0.399 e. The van der Waals surface area contributed by atoms with E-state index in [-0.39, 0.29) is 0 Å². The highest BCUT2D eigenvalue weighted by Gasteiger charge is 2.25. The Labute approximate surface area is 111 Å². The second-order valence-corrected chi connectivity index (χ2v) is 5.93. The molecule has 18 heavy (non-hydrogen) atoms. The summed E-state index contributed by atoms with van der Waals surface area (Å²) in [5.41, 5.74) is 7.96. The van der Waals surface area contributed by atoms with Gasteiger partial charge in [0.25, 0.3) is 0 Å². The molecule has 3 unspecified atom stereocenters. The van der Waals surface area contributed by atoms with Crippen LogP contribution in [0.25, 0.3) is 0 Å². The topological polar surface area (TPSA) is 29.3 Å². The molecule has 0 radical (unpaired) electrons. The second-order valence-electron chi connectivity index (χ2n) is 5.93. The van der Waals surface area contributed by atoms with Gasteiger partial charge in [-0.2, -0.15) is 0 Å². The fourth-order valence-electron chi connectivity index (χ4n) is 3.10. The molecule has 2 rings (SSSR count). The summed E-state index contributed by atoms with van der Waals surface area (Å²) < 4.78 is 0. The molecular weight excluding hydrogens is 220 g/mol. The first kappa shape index (κ1) is 13.4. The van der Waals surface area contributed by atoms with Gasteiger partial charge >= 0.3 is 0 Å². The van der Waals surface area contributed by atoms with E-state index in [0.717, 1.165) is 17.6 Å². The summed E-state index contributed by atoms with van der Waals surface area (Å²) in [7, 11) is 2.27. The summed E-state index contributed by atoms with van der Waals surface area (Å²) in [5.74, 6) is 0.879. The minimum atomic E-state index is 0.473. The van der Waals surface area contributed by atoms with Crippen molar-refractivity contribution in [3.05, 3.63) is 29.8 Å². The number of nitrogen functional groups attached to an aromatic ring is 1. The molecule has 0 saturated heterocycles. The standard InChI is InChI=1S/C16H26N2/c1-12-5-4-6-16(11-12)18(3)13(2)14-7-9-15(17)10-8-14/h7-10,12-13,16H,4-6,11,17H2,1-3H3. The minimum Gasteiger partial charge on any atom is -0.399 e. The third-order valence-corrected chi connectivity index (χ3v) is 4.51. The van der Waals surface area contributed by atoms with Crippen molar-refractivity contribution in [2.24, 2.45) is 5.92 Å². The number of benzene rings is 1. The monoisotopic (exact) mass is 246 g/mol. The third-order valence-electron chi connectivity index (χ3n) is 4.51. The lowest BCUT2D eigenvalue weighted by Gasteiger charge is -2.38. The Morgan fingerprint density at radius 3 is 2.50 bits per heavy atom. The van der Waals surface area contributed by atoms with Crippen molar-refractivity contribution >= 4 is 5.69 Å². The van der Waals surface area contributed by atoms with Crippen LogP contribution < -0.4 is 5.73 Å². The molecule has 1 aliphatic carbocycles. The van der Waals surface area contributed by atoms with Crippen molar-refractivity contribution < 1.29 is 0 Å². The second kappa shape index (κ2) is 5.75. The molecule has 1 saturated carbocycles. The van der Waals surface area contributed by atoms with Crippen molar-refractivity contribution in [1.82, 2.24) is 4.90 Å². The van der Waals surface area contributed by atoms with Crippen LogP contribution in [0.3, 0.4) is 0 Å². The minimum absolute atomic E-state index is 0.473. The quantitative estimate of drug-likeness (QED) is 0.821. The highest BCUT2D eigenvalue weighted by Crippen LogP contribution is 2.31. The number of anilines is 1. The smallest absolute Gasteiger partial charge is 0.0319 e. The summed E-state index contributed by atoms with van der Waals surface area (Å²) in [4.78, 5) is 2.54. The van der Waals surface area contributed by atoms with E-state index in [1.807, 2.05) is 12.1 Å². The van der Waals surface area contributed by atoms with Crippen LogP contribution in [0.2, 0.25) is 0 Å². The van der Waals surface area contributed by atoms with Gasteiger partial charge in [0.2, 0.25) is 0 Å². The van der Waals surface area contributed by atoms with Crippen LogP contribution in [0.5, 0.6) is 0 Å². The molecule has 0 aliphatic heterocycles. The van der Waals surface area contributed by atoms with Crippen LogP contribution in [0, 0.1) is 5.92 Å². The summed E-state index contributed by atoms with van der Waals surface area (Å²) in [6.45, 7) is 4.68. The zero-order chi connectivity index (χ0) is 13.1. The molecule has 2 N–H and O–H groups in total. The molecule has 1 aromatic carbocycles. The average Bonchev–Trinajstić information content (AvgIpc) is 2.38. The molecule has 0 aromatic heterocycles. The van der Waals surface area contributed by atoms with Crippen LogP contribution in [0.4, 0.5) is 5.69 Å². The Morgan fingerprint density at radius 2 is 1.89 bits per heavy atom. The maximum absolute atomic E-state index is 5.75. The van der Waals surface area contributed by atoms with E-state index in [4.69, 9.17) is 5.73 Å². The summed E-state index contributed by atoms with van der Waals surface area (Å²) >= 11 is 0. The first-order valence-electron chi connectivity index (χ1n) is 7.15. The Balaban J connectivity index is 2.03. The van der Waals surface area contributed by atoms with Gasteiger partial charge in [0.05, 0.1) is 0 Å². The van der Waals surface area contributed by atoms with Crippen LogP contribution in [-0.4, -0.2) is 18.0 Å². The van der Waals surface area contributed by atoms with E-state index in [9.17, 15) is 0 Å². The molecule has 0 spiro atoms. The van der Waals surface area contributed by atoms with Gasteiger partial charge < -0.3 is 5.73 Å². The van der Waals surface area contributed by atoms with Gasteiger partial charge in [-0.05, 0) is 50.4 Å². The predicted octanol–water partition coefficient (Wildman–Crippen LogP) is 3.84. The number of rotatable bonds is 3. The molecular formula is C16H26N2. The highest BCUT2D eigenvalue weighted by atomic mass is 15.2. The van der Waals surface area contributed by atoms with E-state index in [1.54, 1.807) is 0 Å². The highest BCUT2D eigenvalue weighted by molar-refractivity contribution is 5.40. The summed E-state index contributed by atoms with van der Waals surface area (Å²) in [6, 6.07) is 9.53.